The lowest BCUT2D eigenvalue weighted by molar-refractivity contribution is -0.137. The van der Waals surface area contributed by atoms with Gasteiger partial charge >= 0.3 is 6.18 Å². The zero-order valence-electron chi connectivity index (χ0n) is 11.6. The average Bonchev–Trinajstić information content (AvgIpc) is 2.25. The minimum atomic E-state index is -4.32. The molecule has 1 fully saturated rings. The summed E-state index contributed by atoms with van der Waals surface area (Å²) in [5.41, 5.74) is -0.412. The number of hydrogen-bond donors (Lipinski definition) is 1. The summed E-state index contributed by atoms with van der Waals surface area (Å²) in [4.78, 5) is 0. The molecule has 1 aromatic rings. The number of rotatable bonds is 2. The summed E-state index contributed by atoms with van der Waals surface area (Å²) in [7, 11) is 0. The molecular formula is C15H19BrF3N. The zero-order valence-corrected chi connectivity index (χ0v) is 13.2. The first-order chi connectivity index (χ1) is 9.25. The van der Waals surface area contributed by atoms with Crippen LogP contribution in [0.15, 0.2) is 22.7 Å². The summed E-state index contributed by atoms with van der Waals surface area (Å²) in [6, 6.07) is 4.19. The molecule has 0 bridgehead atoms. The van der Waals surface area contributed by atoms with Crippen molar-refractivity contribution in [2.45, 2.75) is 45.3 Å². The Hall–Kier alpha value is -0.710. The third-order valence-corrected chi connectivity index (χ3v) is 4.32. The van der Waals surface area contributed by atoms with Crippen LogP contribution in [0.2, 0.25) is 0 Å². The van der Waals surface area contributed by atoms with Crippen LogP contribution in [0.25, 0.3) is 0 Å². The maximum absolute atomic E-state index is 13.0. The van der Waals surface area contributed by atoms with Crippen molar-refractivity contribution in [3.63, 3.8) is 0 Å². The van der Waals surface area contributed by atoms with Gasteiger partial charge in [-0.25, -0.2) is 0 Å². The normalized spacial score (nSPS) is 27.4. The third-order valence-electron chi connectivity index (χ3n) is 3.83. The number of hydrogen-bond acceptors (Lipinski definition) is 1. The van der Waals surface area contributed by atoms with Gasteiger partial charge in [0.2, 0.25) is 0 Å². The van der Waals surface area contributed by atoms with Crippen molar-refractivity contribution in [2.75, 3.05) is 5.32 Å². The molecule has 0 aromatic heterocycles. The summed E-state index contributed by atoms with van der Waals surface area (Å²) in [5.74, 6) is 1.11. The van der Waals surface area contributed by atoms with Gasteiger partial charge in [-0.3, -0.25) is 0 Å². The molecule has 1 saturated carbocycles. The zero-order chi connectivity index (χ0) is 14.9. The van der Waals surface area contributed by atoms with Crippen molar-refractivity contribution in [3.8, 4) is 0 Å². The van der Waals surface area contributed by atoms with Gasteiger partial charge < -0.3 is 5.32 Å². The van der Waals surface area contributed by atoms with E-state index in [9.17, 15) is 13.2 Å². The van der Waals surface area contributed by atoms with Gasteiger partial charge in [-0.1, -0.05) is 29.8 Å². The molecule has 2 atom stereocenters. The van der Waals surface area contributed by atoms with E-state index in [-0.39, 0.29) is 11.7 Å². The molecule has 1 aromatic carbocycles. The molecule has 5 heteroatoms. The Bertz CT molecular complexity index is 463. The van der Waals surface area contributed by atoms with Crippen LogP contribution >= 0.6 is 15.9 Å². The minimum absolute atomic E-state index is 0.115. The first kappa shape index (κ1) is 15.7. The summed E-state index contributed by atoms with van der Waals surface area (Å²) in [5, 5.41) is 3.11. The van der Waals surface area contributed by atoms with Crippen molar-refractivity contribution >= 4 is 21.6 Å². The quantitative estimate of drug-likeness (QED) is 0.721. The van der Waals surface area contributed by atoms with E-state index in [1.54, 1.807) is 0 Å². The Morgan fingerprint density at radius 3 is 2.25 bits per heavy atom. The molecule has 20 heavy (non-hydrogen) atoms. The molecule has 112 valence electrons. The highest BCUT2D eigenvalue weighted by Gasteiger charge is 2.34. The summed E-state index contributed by atoms with van der Waals surface area (Å²) < 4.78 is 39.8. The lowest BCUT2D eigenvalue weighted by atomic mass is 9.80. The van der Waals surface area contributed by atoms with Crippen LogP contribution in [0.4, 0.5) is 18.9 Å². The SMILES string of the molecule is CC1CC(C)CC(Nc2cc(Br)ccc2C(F)(F)F)C1. The monoisotopic (exact) mass is 349 g/mol. The van der Waals surface area contributed by atoms with Crippen LogP contribution in [-0.2, 0) is 6.18 Å². The van der Waals surface area contributed by atoms with Gasteiger partial charge in [-0.05, 0) is 49.3 Å². The first-order valence-electron chi connectivity index (χ1n) is 6.89. The second-order valence-corrected chi connectivity index (χ2v) is 6.86. The van der Waals surface area contributed by atoms with E-state index in [2.05, 4.69) is 35.1 Å². The molecule has 2 rings (SSSR count). The smallest absolute Gasteiger partial charge is 0.382 e. The Labute approximate surface area is 126 Å². The lowest BCUT2D eigenvalue weighted by Gasteiger charge is -2.33. The second kappa shape index (κ2) is 5.96. The fraction of sp³-hybridized carbons (Fsp3) is 0.600. The molecule has 1 N–H and O–H groups in total. The van der Waals surface area contributed by atoms with Gasteiger partial charge in [0.25, 0.3) is 0 Å². The number of benzene rings is 1. The summed E-state index contributed by atoms with van der Waals surface area (Å²) in [6.07, 6.45) is -1.32. The van der Waals surface area contributed by atoms with Crippen LogP contribution < -0.4 is 5.32 Å². The van der Waals surface area contributed by atoms with Gasteiger partial charge in [0.15, 0.2) is 0 Å². The van der Waals surface area contributed by atoms with E-state index in [0.29, 0.717) is 16.3 Å². The lowest BCUT2D eigenvalue weighted by Crippen LogP contribution is -2.31. The molecule has 1 nitrogen and oxygen atoms in total. The van der Waals surface area contributed by atoms with E-state index >= 15 is 0 Å². The largest absolute Gasteiger partial charge is 0.418 e. The van der Waals surface area contributed by atoms with Crippen molar-refractivity contribution in [1.82, 2.24) is 0 Å². The Morgan fingerprint density at radius 1 is 1.10 bits per heavy atom. The third kappa shape index (κ3) is 3.90. The number of halogens is 4. The predicted octanol–water partition coefficient (Wildman–Crippen LogP) is 5.70. The second-order valence-electron chi connectivity index (χ2n) is 5.95. The standard InChI is InChI=1S/C15H19BrF3N/c1-9-5-10(2)7-12(6-9)20-14-8-11(16)3-4-13(14)15(17,18)19/h3-4,8-10,12,20H,5-7H2,1-2H3. The first-order valence-corrected chi connectivity index (χ1v) is 7.68. The Morgan fingerprint density at radius 2 is 1.70 bits per heavy atom. The topological polar surface area (TPSA) is 12.0 Å². The molecule has 0 saturated heterocycles. The maximum Gasteiger partial charge on any atom is 0.418 e. The van der Waals surface area contributed by atoms with Crippen molar-refractivity contribution in [2.24, 2.45) is 11.8 Å². The molecular weight excluding hydrogens is 331 g/mol. The molecule has 0 amide bonds. The fourth-order valence-electron chi connectivity index (χ4n) is 3.17. The average molecular weight is 350 g/mol. The fourth-order valence-corrected chi connectivity index (χ4v) is 3.53. The Kier molecular flexibility index (Phi) is 4.67. The van der Waals surface area contributed by atoms with E-state index in [1.165, 1.54) is 12.1 Å². The molecule has 2 unspecified atom stereocenters. The van der Waals surface area contributed by atoms with E-state index in [1.807, 2.05) is 0 Å². The van der Waals surface area contributed by atoms with Gasteiger partial charge in [0, 0.05) is 16.2 Å². The van der Waals surface area contributed by atoms with Gasteiger partial charge in [-0.2, -0.15) is 13.2 Å². The number of nitrogens with one attached hydrogen (secondary N) is 1. The predicted molar refractivity (Wildman–Crippen MR) is 78.7 cm³/mol. The van der Waals surface area contributed by atoms with E-state index in [0.717, 1.165) is 25.3 Å². The molecule has 1 aliphatic carbocycles. The highest BCUT2D eigenvalue weighted by molar-refractivity contribution is 9.10. The minimum Gasteiger partial charge on any atom is -0.382 e. The van der Waals surface area contributed by atoms with Gasteiger partial charge in [0.1, 0.15) is 0 Å². The Balaban J connectivity index is 2.22. The number of anilines is 1. The molecule has 0 aliphatic heterocycles. The van der Waals surface area contributed by atoms with Gasteiger partial charge in [-0.15, -0.1) is 0 Å². The summed E-state index contributed by atoms with van der Waals surface area (Å²) >= 11 is 3.24. The molecule has 0 radical (unpaired) electrons. The van der Waals surface area contributed by atoms with Crippen LogP contribution in [-0.4, -0.2) is 6.04 Å². The van der Waals surface area contributed by atoms with Crippen LogP contribution in [0.1, 0.15) is 38.7 Å². The van der Waals surface area contributed by atoms with Crippen molar-refractivity contribution < 1.29 is 13.2 Å². The molecule has 0 heterocycles. The highest BCUT2D eigenvalue weighted by Crippen LogP contribution is 2.38. The molecule has 0 spiro atoms. The van der Waals surface area contributed by atoms with Crippen LogP contribution in [0.3, 0.4) is 0 Å². The van der Waals surface area contributed by atoms with E-state index in [4.69, 9.17) is 0 Å². The van der Waals surface area contributed by atoms with Crippen LogP contribution in [0, 0.1) is 11.8 Å². The van der Waals surface area contributed by atoms with Crippen molar-refractivity contribution in [1.29, 1.82) is 0 Å². The maximum atomic E-state index is 13.0. The van der Waals surface area contributed by atoms with Crippen LogP contribution in [0.5, 0.6) is 0 Å². The summed E-state index contributed by atoms with van der Waals surface area (Å²) in [6.45, 7) is 4.33. The van der Waals surface area contributed by atoms with E-state index < -0.39 is 11.7 Å². The highest BCUT2D eigenvalue weighted by atomic mass is 79.9. The molecule has 1 aliphatic rings. The number of alkyl halides is 3. The van der Waals surface area contributed by atoms with Gasteiger partial charge in [0.05, 0.1) is 5.56 Å². The van der Waals surface area contributed by atoms with Crippen molar-refractivity contribution in [3.05, 3.63) is 28.2 Å².